The van der Waals surface area contributed by atoms with Gasteiger partial charge < -0.3 is 0 Å². The third-order valence-electron chi connectivity index (χ3n) is 1.48. The first-order valence-corrected chi connectivity index (χ1v) is 5.04. The van der Waals surface area contributed by atoms with Crippen LogP contribution in [0.25, 0.3) is 0 Å². The third-order valence-corrected chi connectivity index (χ3v) is 2.79. The maximum atomic E-state index is 10.9. The van der Waals surface area contributed by atoms with Crippen LogP contribution in [-0.2, 0) is 10.0 Å². The van der Waals surface area contributed by atoms with Crippen molar-refractivity contribution in [3.8, 4) is 0 Å². The quantitative estimate of drug-likeness (QED) is 0.491. The zero-order chi connectivity index (χ0) is 7.61. The summed E-state index contributed by atoms with van der Waals surface area (Å²) in [5, 5.41) is 4.03. The van der Waals surface area contributed by atoms with E-state index in [4.69, 9.17) is 0 Å². The highest BCUT2D eigenvalue weighted by Crippen LogP contribution is 1.98. The molecule has 0 bridgehead atoms. The van der Waals surface area contributed by atoms with Crippen LogP contribution >= 0.6 is 0 Å². The molecular formula is C5H11N2O2S. The zero-order valence-corrected chi connectivity index (χ0v) is 6.76. The minimum absolute atomic E-state index is 0.554. The number of sulfonamides is 1. The molecule has 1 saturated heterocycles. The van der Waals surface area contributed by atoms with Crippen LogP contribution in [0.15, 0.2) is 0 Å². The van der Waals surface area contributed by atoms with Crippen molar-refractivity contribution in [3.05, 3.63) is 0 Å². The van der Waals surface area contributed by atoms with Gasteiger partial charge in [-0.15, -0.1) is 0 Å². The molecule has 1 radical (unpaired) electrons. The van der Waals surface area contributed by atoms with Gasteiger partial charge in [0.2, 0.25) is 10.0 Å². The minimum Gasteiger partial charge on any atom is -0.239 e. The highest BCUT2D eigenvalue weighted by Gasteiger charge is 2.18. The summed E-state index contributed by atoms with van der Waals surface area (Å²) in [6, 6.07) is 0. The molecule has 1 aliphatic rings. The Labute approximate surface area is 61.3 Å². The average Bonchev–Trinajstić information content (AvgIpc) is 1.88. The van der Waals surface area contributed by atoms with Gasteiger partial charge in [0.15, 0.2) is 0 Å². The summed E-state index contributed by atoms with van der Waals surface area (Å²) in [6.45, 7) is 2.40. The molecule has 0 aromatic heterocycles. The van der Waals surface area contributed by atoms with Gasteiger partial charge in [-0.2, -0.15) is 4.31 Å². The summed E-state index contributed by atoms with van der Waals surface area (Å²) >= 11 is 0. The first kappa shape index (κ1) is 7.97. The molecule has 0 aromatic carbocycles. The molecule has 1 aliphatic heterocycles. The van der Waals surface area contributed by atoms with Crippen LogP contribution in [0.1, 0.15) is 0 Å². The molecule has 0 unspecified atom stereocenters. The molecule has 4 nitrogen and oxygen atoms in total. The largest absolute Gasteiger partial charge is 0.239 e. The molecule has 0 saturated carbocycles. The Balaban J connectivity index is 2.56. The van der Waals surface area contributed by atoms with E-state index >= 15 is 0 Å². The molecule has 1 fully saturated rings. The molecule has 0 N–H and O–H groups in total. The third kappa shape index (κ3) is 1.93. The van der Waals surface area contributed by atoms with E-state index in [2.05, 4.69) is 5.32 Å². The summed E-state index contributed by atoms with van der Waals surface area (Å²) < 4.78 is 23.2. The number of hydrogen-bond donors (Lipinski definition) is 0. The molecule has 0 spiro atoms. The second kappa shape index (κ2) is 2.86. The van der Waals surface area contributed by atoms with Crippen molar-refractivity contribution in [2.45, 2.75) is 0 Å². The van der Waals surface area contributed by atoms with Gasteiger partial charge >= 0.3 is 0 Å². The second-order valence-corrected chi connectivity index (χ2v) is 4.32. The summed E-state index contributed by atoms with van der Waals surface area (Å²) in [6.07, 6.45) is 1.23. The fourth-order valence-corrected chi connectivity index (χ4v) is 1.75. The van der Waals surface area contributed by atoms with E-state index in [1.54, 1.807) is 0 Å². The van der Waals surface area contributed by atoms with Crippen molar-refractivity contribution in [2.75, 3.05) is 32.4 Å². The number of hydrogen-bond acceptors (Lipinski definition) is 2. The van der Waals surface area contributed by atoms with Crippen molar-refractivity contribution >= 4 is 10.0 Å². The first-order valence-electron chi connectivity index (χ1n) is 3.19. The molecule has 0 aromatic rings. The van der Waals surface area contributed by atoms with E-state index in [0.717, 1.165) is 0 Å². The lowest BCUT2D eigenvalue weighted by Crippen LogP contribution is -2.43. The Bertz CT molecular complexity index is 194. The molecule has 0 atom stereocenters. The SMILES string of the molecule is CS(=O)(=O)N1CC[N]CC1. The molecule has 1 rings (SSSR count). The highest BCUT2D eigenvalue weighted by atomic mass is 32.2. The van der Waals surface area contributed by atoms with Gasteiger partial charge in [0.1, 0.15) is 0 Å². The summed E-state index contributed by atoms with van der Waals surface area (Å²) in [7, 11) is -2.95. The van der Waals surface area contributed by atoms with Gasteiger partial charge in [0.05, 0.1) is 6.26 Å². The van der Waals surface area contributed by atoms with Crippen LogP contribution in [0.4, 0.5) is 0 Å². The van der Waals surface area contributed by atoms with Gasteiger partial charge in [0, 0.05) is 26.2 Å². The lowest BCUT2D eigenvalue weighted by molar-refractivity contribution is 0.359. The van der Waals surface area contributed by atoms with Crippen LogP contribution in [0.5, 0.6) is 0 Å². The minimum atomic E-state index is -2.95. The molecule has 10 heavy (non-hydrogen) atoms. The molecule has 0 aliphatic carbocycles. The Kier molecular flexibility index (Phi) is 2.28. The molecule has 1 heterocycles. The Hall–Kier alpha value is -0.130. The second-order valence-electron chi connectivity index (χ2n) is 2.33. The summed E-state index contributed by atoms with van der Waals surface area (Å²) in [4.78, 5) is 0. The highest BCUT2D eigenvalue weighted by molar-refractivity contribution is 7.88. The van der Waals surface area contributed by atoms with Crippen LogP contribution < -0.4 is 5.32 Å². The van der Waals surface area contributed by atoms with Crippen molar-refractivity contribution in [3.63, 3.8) is 0 Å². The van der Waals surface area contributed by atoms with Gasteiger partial charge in [-0.1, -0.05) is 0 Å². The van der Waals surface area contributed by atoms with E-state index < -0.39 is 10.0 Å². The van der Waals surface area contributed by atoms with Crippen molar-refractivity contribution < 1.29 is 8.42 Å². The van der Waals surface area contributed by atoms with E-state index in [9.17, 15) is 8.42 Å². The normalized spacial score (nSPS) is 22.9. The van der Waals surface area contributed by atoms with Gasteiger partial charge in [0.25, 0.3) is 0 Å². The first-order chi connectivity index (χ1) is 4.61. The Morgan fingerprint density at radius 2 is 1.80 bits per heavy atom. The number of rotatable bonds is 1. The van der Waals surface area contributed by atoms with E-state index in [1.165, 1.54) is 10.6 Å². The van der Waals surface area contributed by atoms with Crippen molar-refractivity contribution in [1.29, 1.82) is 0 Å². The maximum Gasteiger partial charge on any atom is 0.211 e. The molecule has 0 amide bonds. The van der Waals surface area contributed by atoms with Crippen LogP contribution in [0.3, 0.4) is 0 Å². The summed E-state index contributed by atoms with van der Waals surface area (Å²) in [5.74, 6) is 0. The summed E-state index contributed by atoms with van der Waals surface area (Å²) in [5.41, 5.74) is 0. The predicted octanol–water partition coefficient (Wildman–Crippen LogP) is -1.13. The fourth-order valence-electron chi connectivity index (χ4n) is 0.920. The molecular weight excluding hydrogens is 152 g/mol. The van der Waals surface area contributed by atoms with Gasteiger partial charge in [-0.05, 0) is 0 Å². The van der Waals surface area contributed by atoms with Crippen molar-refractivity contribution in [2.24, 2.45) is 0 Å². The van der Waals surface area contributed by atoms with Crippen LogP contribution in [0.2, 0.25) is 0 Å². The van der Waals surface area contributed by atoms with E-state index in [-0.39, 0.29) is 0 Å². The van der Waals surface area contributed by atoms with E-state index in [1.807, 2.05) is 0 Å². The Morgan fingerprint density at radius 3 is 2.10 bits per heavy atom. The standard InChI is InChI=1S/C5H11N2O2S/c1-10(8,9)7-4-2-6-3-5-7/h2-5H2,1H3. The van der Waals surface area contributed by atoms with Gasteiger partial charge in [-0.3, -0.25) is 0 Å². The van der Waals surface area contributed by atoms with Gasteiger partial charge in [-0.25, -0.2) is 13.7 Å². The molecule has 59 valence electrons. The lowest BCUT2D eigenvalue weighted by Gasteiger charge is -2.23. The average molecular weight is 163 g/mol. The zero-order valence-electron chi connectivity index (χ0n) is 5.95. The molecule has 5 heteroatoms. The van der Waals surface area contributed by atoms with E-state index in [0.29, 0.717) is 26.2 Å². The maximum absolute atomic E-state index is 10.9. The van der Waals surface area contributed by atoms with Crippen molar-refractivity contribution in [1.82, 2.24) is 9.62 Å². The predicted molar refractivity (Wildman–Crippen MR) is 38.3 cm³/mol. The monoisotopic (exact) mass is 163 g/mol. The topological polar surface area (TPSA) is 51.5 Å². The number of piperazine rings is 1. The lowest BCUT2D eigenvalue weighted by atomic mass is 10.4. The Morgan fingerprint density at radius 1 is 1.30 bits per heavy atom. The van der Waals surface area contributed by atoms with Crippen LogP contribution in [0, 0.1) is 0 Å². The number of nitrogens with zero attached hydrogens (tertiary/aromatic N) is 2. The fraction of sp³-hybridized carbons (Fsp3) is 1.00. The van der Waals surface area contributed by atoms with Crippen LogP contribution in [-0.4, -0.2) is 45.2 Å². The smallest absolute Gasteiger partial charge is 0.211 e.